The zero-order valence-corrected chi connectivity index (χ0v) is 39.7. The van der Waals surface area contributed by atoms with Gasteiger partial charge in [-0.05, 0) is 109 Å². The lowest BCUT2D eigenvalue weighted by molar-refractivity contribution is -0.158. The van der Waals surface area contributed by atoms with E-state index in [2.05, 4.69) is 107 Å². The Labute approximate surface area is 337 Å². The summed E-state index contributed by atoms with van der Waals surface area (Å²) in [7, 11) is 1.82. The molecule has 1 fully saturated rings. The highest BCUT2D eigenvalue weighted by Crippen LogP contribution is 2.39. The van der Waals surface area contributed by atoms with Crippen molar-refractivity contribution < 1.29 is 19.0 Å². The third-order valence-electron chi connectivity index (χ3n) is 11.0. The van der Waals surface area contributed by atoms with Gasteiger partial charge in [0.2, 0.25) is 0 Å². The molecule has 1 aromatic rings. The van der Waals surface area contributed by atoms with Gasteiger partial charge in [-0.3, -0.25) is 9.59 Å². The fourth-order valence-corrected chi connectivity index (χ4v) is 6.27. The first-order valence-electron chi connectivity index (χ1n) is 21.2. The summed E-state index contributed by atoms with van der Waals surface area (Å²) in [6.45, 7) is 41.7. The van der Waals surface area contributed by atoms with E-state index >= 15 is 0 Å². The number of thiol groups is 1. The van der Waals surface area contributed by atoms with Crippen LogP contribution in [0.25, 0.3) is 0 Å². The number of hydrogen-bond acceptors (Lipinski definition) is 5. The van der Waals surface area contributed by atoms with Crippen LogP contribution in [-0.4, -0.2) is 35.2 Å². The molecule has 0 amide bonds. The summed E-state index contributed by atoms with van der Waals surface area (Å²) < 4.78 is 10.9. The van der Waals surface area contributed by atoms with Crippen molar-refractivity contribution in [3.63, 3.8) is 0 Å². The molecule has 0 spiro atoms. The summed E-state index contributed by atoms with van der Waals surface area (Å²) in [6, 6.07) is 6.37. The van der Waals surface area contributed by atoms with Gasteiger partial charge in [-0.1, -0.05) is 145 Å². The number of ether oxygens (including phenoxy) is 1. The zero-order valence-electron chi connectivity index (χ0n) is 38.8. The van der Waals surface area contributed by atoms with E-state index in [0.717, 1.165) is 48.5 Å². The van der Waals surface area contributed by atoms with Crippen LogP contribution in [0.5, 0.6) is 0 Å². The fraction of sp³-hybridized carbons (Fsp3) is 0.830. The lowest BCUT2D eigenvalue weighted by Gasteiger charge is -2.38. The average molecular weight is 760 g/mol. The van der Waals surface area contributed by atoms with Gasteiger partial charge in [0, 0.05) is 10.7 Å². The van der Waals surface area contributed by atoms with Crippen LogP contribution in [0.3, 0.4) is 0 Å². The number of benzene rings is 1. The Morgan fingerprint density at radius 3 is 1.58 bits per heavy atom. The van der Waals surface area contributed by atoms with Gasteiger partial charge >= 0.3 is 13.5 Å². The Hall–Kier alpha value is -1.27. The molecule has 0 aliphatic heterocycles. The van der Waals surface area contributed by atoms with E-state index in [1.54, 1.807) is 0 Å². The Morgan fingerprint density at radius 2 is 1.30 bits per heavy atom. The van der Waals surface area contributed by atoms with E-state index in [-0.39, 0.29) is 33.6 Å². The summed E-state index contributed by atoms with van der Waals surface area (Å²) in [5.41, 5.74) is 2.82. The van der Waals surface area contributed by atoms with Crippen molar-refractivity contribution in [2.24, 2.45) is 29.1 Å². The summed E-state index contributed by atoms with van der Waals surface area (Å²) >= 11 is 4.66. The highest BCUT2D eigenvalue weighted by molar-refractivity contribution is 7.81. The van der Waals surface area contributed by atoms with E-state index in [0.29, 0.717) is 11.2 Å². The smallest absolute Gasteiger partial charge is 0.330 e. The molecule has 0 unspecified atom stereocenters. The summed E-state index contributed by atoms with van der Waals surface area (Å²) in [6.07, 6.45) is 12.3. The molecule has 4 nitrogen and oxygen atoms in total. The fourth-order valence-electron chi connectivity index (χ4n) is 6.22. The number of carbonyl (C=O) groups excluding carboxylic acids is 2. The Kier molecular flexibility index (Phi) is 24.8. The molecule has 0 aromatic heterocycles. The van der Waals surface area contributed by atoms with Gasteiger partial charge in [-0.25, -0.2) is 0 Å². The van der Waals surface area contributed by atoms with Crippen LogP contribution in [0, 0.1) is 36.0 Å². The van der Waals surface area contributed by atoms with E-state index in [4.69, 9.17) is 9.39 Å². The predicted octanol–water partition coefficient (Wildman–Crippen LogP) is 13.5. The molecule has 1 aliphatic rings. The number of carbonyl (C=O) groups is 2. The van der Waals surface area contributed by atoms with E-state index in [9.17, 15) is 9.59 Å². The molecule has 2 rings (SSSR count). The first kappa shape index (κ1) is 53.8. The molecule has 1 saturated carbocycles. The summed E-state index contributed by atoms with van der Waals surface area (Å²) in [4.78, 5) is 24.2. The predicted molar refractivity (Wildman–Crippen MR) is 238 cm³/mol. The van der Waals surface area contributed by atoms with Crippen LogP contribution in [0.2, 0.25) is 0 Å². The minimum Gasteiger partial charge on any atom is -0.460 e. The van der Waals surface area contributed by atoms with Gasteiger partial charge in [-0.15, -0.1) is 0 Å². The van der Waals surface area contributed by atoms with Gasteiger partial charge in [0.05, 0.1) is 16.9 Å². The molecule has 6 heteroatoms. The second-order valence-electron chi connectivity index (χ2n) is 19.3. The van der Waals surface area contributed by atoms with Gasteiger partial charge in [-0.2, -0.15) is 12.6 Å². The number of aryl methyl sites for hydroxylation is 1. The van der Waals surface area contributed by atoms with E-state index < -0.39 is 5.60 Å². The van der Waals surface area contributed by atoms with Crippen molar-refractivity contribution in [3.05, 3.63) is 29.3 Å². The maximum absolute atomic E-state index is 13.3. The highest BCUT2D eigenvalue weighted by Gasteiger charge is 2.40. The van der Waals surface area contributed by atoms with Crippen LogP contribution < -0.4 is 5.46 Å². The van der Waals surface area contributed by atoms with Crippen molar-refractivity contribution >= 4 is 37.3 Å². The van der Waals surface area contributed by atoms with E-state index in [1.165, 1.54) is 44.1 Å². The topological polar surface area (TPSA) is 52.6 Å². The molecule has 0 saturated heterocycles. The normalized spacial score (nSPS) is 16.3. The van der Waals surface area contributed by atoms with Crippen LogP contribution in [-0.2, 0) is 24.4 Å². The standard InChI is InChI=1S/C24H40BO2S.C8H16O2.C8H16.C7H16/c1-10-14-24(15-11-2,21(26)17(3)4)20-13-12-19(16-18(20)5)25-27-22(6,7)23(8,9)28;1-6(2)7(9)10-8(3,4)5;1-3-4-8-5-7(2)6-8;1-5-7(3,4)6-2/h12-13,16-17,28H,10-11,14-15H2,1-9H3;6H,1-5H3;7-8H,3-6H2,1-2H3;5-6H2,1-4H3. The van der Waals surface area contributed by atoms with Gasteiger partial charge in [0.25, 0.3) is 0 Å². The number of Topliss-reactive ketones (excluding diaryl/α,β-unsaturated/α-hetero) is 1. The molecule has 0 heterocycles. The third-order valence-corrected chi connectivity index (χ3v) is 11.6. The zero-order chi connectivity index (χ0) is 42.0. The molecule has 0 N–H and O–H groups in total. The minimum atomic E-state index is -0.398. The molecule has 53 heavy (non-hydrogen) atoms. The quantitative estimate of drug-likeness (QED) is 0.104. The second kappa shape index (κ2) is 24.4. The Balaban J connectivity index is 0. The van der Waals surface area contributed by atoms with Gasteiger partial charge in [0.15, 0.2) is 0 Å². The molecular formula is C47H88BO4S. The molecule has 1 aliphatic carbocycles. The highest BCUT2D eigenvalue weighted by atomic mass is 32.1. The number of hydrogen-bond donors (Lipinski definition) is 1. The number of rotatable bonds is 16. The molecule has 0 atom stereocenters. The van der Waals surface area contributed by atoms with Crippen LogP contribution in [0.1, 0.15) is 207 Å². The number of esters is 1. The van der Waals surface area contributed by atoms with Crippen molar-refractivity contribution in [2.75, 3.05) is 0 Å². The monoisotopic (exact) mass is 760 g/mol. The van der Waals surface area contributed by atoms with Gasteiger partial charge in [0.1, 0.15) is 11.4 Å². The Morgan fingerprint density at radius 1 is 0.811 bits per heavy atom. The second-order valence-corrected chi connectivity index (χ2v) is 20.4. The lowest BCUT2D eigenvalue weighted by atomic mass is 9.66. The summed E-state index contributed by atoms with van der Waals surface area (Å²) in [5.74, 6) is 2.39. The maximum atomic E-state index is 13.3. The lowest BCUT2D eigenvalue weighted by Crippen LogP contribution is -2.46. The SMILES string of the molecule is CC(C)C(=O)OC(C)(C)C.CCC(C)(C)CC.CCCC(CCC)(C(=O)C(C)C)c1ccc([B]OC(C)(C)C(C)(C)S)cc1C.CCCC1CC(C)C1. The molecule has 0 bridgehead atoms. The van der Waals surface area contributed by atoms with Crippen molar-refractivity contribution in [3.8, 4) is 0 Å². The molecule has 309 valence electrons. The summed E-state index contributed by atoms with van der Waals surface area (Å²) in [5, 5.41) is 0. The minimum absolute atomic E-state index is 0.0285. The van der Waals surface area contributed by atoms with Crippen molar-refractivity contribution in [2.45, 2.75) is 224 Å². The van der Waals surface area contributed by atoms with Crippen LogP contribution in [0.4, 0.5) is 0 Å². The van der Waals surface area contributed by atoms with Crippen LogP contribution in [0.15, 0.2) is 18.2 Å². The van der Waals surface area contributed by atoms with Gasteiger partial charge < -0.3 is 9.39 Å². The first-order chi connectivity index (χ1) is 24.1. The molecular weight excluding hydrogens is 671 g/mol. The molecule has 1 aromatic carbocycles. The number of ketones is 1. The first-order valence-corrected chi connectivity index (χ1v) is 21.7. The average Bonchev–Trinajstić information content (AvgIpc) is 3.02. The van der Waals surface area contributed by atoms with Crippen LogP contribution >= 0.6 is 12.6 Å². The third kappa shape index (κ3) is 20.5. The Bertz CT molecular complexity index is 1150. The molecule has 1 radical (unpaired) electrons. The maximum Gasteiger partial charge on any atom is 0.330 e. The largest absolute Gasteiger partial charge is 0.460 e. The van der Waals surface area contributed by atoms with Crippen molar-refractivity contribution in [1.82, 2.24) is 0 Å². The van der Waals surface area contributed by atoms with E-state index in [1.807, 2.05) is 69.8 Å². The van der Waals surface area contributed by atoms with Crippen molar-refractivity contribution in [1.29, 1.82) is 0 Å².